The fraction of sp³-hybridized carbons (Fsp3) is 0.190. The van der Waals surface area contributed by atoms with Crippen LogP contribution in [0.4, 0.5) is 0 Å². The van der Waals surface area contributed by atoms with Gasteiger partial charge in [-0.2, -0.15) is 0 Å². The number of aliphatic hydroxyl groups excluding tert-OH is 1. The van der Waals surface area contributed by atoms with Crippen molar-refractivity contribution in [3.05, 3.63) is 78.0 Å². The van der Waals surface area contributed by atoms with Crippen LogP contribution in [0.5, 0.6) is 0 Å². The third-order valence-corrected chi connectivity index (χ3v) is 4.28. The number of benzene rings is 2. The number of amides is 2. The second-order valence-electron chi connectivity index (χ2n) is 6.31. The van der Waals surface area contributed by atoms with E-state index in [2.05, 4.69) is 10.3 Å². The van der Waals surface area contributed by atoms with Gasteiger partial charge in [0.15, 0.2) is 0 Å². The van der Waals surface area contributed by atoms with Gasteiger partial charge in [0, 0.05) is 25.2 Å². The van der Waals surface area contributed by atoms with Crippen molar-refractivity contribution >= 4 is 22.7 Å². The molecule has 0 bridgehead atoms. The number of aliphatic hydroxyl groups is 1. The van der Waals surface area contributed by atoms with Crippen LogP contribution in [0.3, 0.4) is 0 Å². The van der Waals surface area contributed by atoms with Crippen molar-refractivity contribution in [2.75, 3.05) is 13.7 Å². The molecule has 0 aliphatic heterocycles. The lowest BCUT2D eigenvalue weighted by atomic mass is 10.1. The summed E-state index contributed by atoms with van der Waals surface area (Å²) >= 11 is 0. The number of carbonyl (C=O) groups excluding carboxylic acids is 2. The fourth-order valence-corrected chi connectivity index (χ4v) is 2.82. The zero-order chi connectivity index (χ0) is 19.2. The molecule has 0 spiro atoms. The first-order valence-electron chi connectivity index (χ1n) is 8.64. The zero-order valence-electron chi connectivity index (χ0n) is 15.0. The molecule has 0 saturated carbocycles. The van der Waals surface area contributed by atoms with E-state index < -0.39 is 18.6 Å². The lowest BCUT2D eigenvalue weighted by Crippen LogP contribution is -2.49. The Morgan fingerprint density at radius 1 is 1.11 bits per heavy atom. The maximum atomic E-state index is 12.6. The first kappa shape index (κ1) is 18.5. The van der Waals surface area contributed by atoms with E-state index in [0.29, 0.717) is 12.1 Å². The van der Waals surface area contributed by atoms with Crippen LogP contribution < -0.4 is 5.32 Å². The van der Waals surface area contributed by atoms with E-state index in [-0.39, 0.29) is 5.91 Å². The van der Waals surface area contributed by atoms with Gasteiger partial charge in [-0.15, -0.1) is 0 Å². The Hall–Kier alpha value is -3.25. The van der Waals surface area contributed by atoms with Crippen molar-refractivity contribution in [2.45, 2.75) is 12.6 Å². The molecule has 0 fully saturated rings. The van der Waals surface area contributed by atoms with E-state index in [1.54, 1.807) is 13.1 Å². The number of rotatable bonds is 6. The highest BCUT2D eigenvalue weighted by atomic mass is 16.3. The Morgan fingerprint density at radius 3 is 2.56 bits per heavy atom. The number of para-hydroxylation sites is 1. The van der Waals surface area contributed by atoms with Gasteiger partial charge < -0.3 is 15.3 Å². The molecular formula is C21H21N3O3. The molecule has 1 atom stereocenters. The lowest BCUT2D eigenvalue weighted by molar-refractivity contribution is -0.133. The first-order valence-corrected chi connectivity index (χ1v) is 8.64. The molecule has 2 aromatic carbocycles. The summed E-state index contributed by atoms with van der Waals surface area (Å²) in [6, 6.07) is 17.7. The minimum absolute atomic E-state index is 0.339. The van der Waals surface area contributed by atoms with Gasteiger partial charge in [-0.3, -0.25) is 14.6 Å². The summed E-state index contributed by atoms with van der Waals surface area (Å²) in [4.78, 5) is 30.8. The molecule has 0 aliphatic carbocycles. The standard InChI is InChI=1S/C21H21N3O3/c1-24(13-15-7-3-2-4-8-15)21(27)19(14-25)23-20(26)17-11-16-9-5-6-10-18(16)22-12-17/h2-12,19,25H,13-14H2,1H3,(H,23,26)/t19-/m0/s1. The Labute approximate surface area is 157 Å². The van der Waals surface area contributed by atoms with Gasteiger partial charge in [-0.25, -0.2) is 0 Å². The van der Waals surface area contributed by atoms with Gasteiger partial charge in [-0.1, -0.05) is 48.5 Å². The van der Waals surface area contributed by atoms with Crippen molar-refractivity contribution < 1.29 is 14.7 Å². The van der Waals surface area contributed by atoms with E-state index >= 15 is 0 Å². The summed E-state index contributed by atoms with van der Waals surface area (Å²) in [5.41, 5.74) is 2.09. The Morgan fingerprint density at radius 2 is 1.81 bits per heavy atom. The molecule has 0 unspecified atom stereocenters. The highest BCUT2D eigenvalue weighted by molar-refractivity contribution is 5.99. The summed E-state index contributed by atoms with van der Waals surface area (Å²) in [5, 5.41) is 13.0. The van der Waals surface area contributed by atoms with Gasteiger partial charge in [0.05, 0.1) is 17.7 Å². The summed E-state index contributed by atoms with van der Waals surface area (Å²) in [5.74, 6) is -0.808. The van der Waals surface area contributed by atoms with Crippen molar-refractivity contribution in [3.8, 4) is 0 Å². The lowest BCUT2D eigenvalue weighted by Gasteiger charge is -2.23. The molecule has 2 amide bonds. The summed E-state index contributed by atoms with van der Waals surface area (Å²) in [6.07, 6.45) is 1.46. The van der Waals surface area contributed by atoms with E-state index in [4.69, 9.17) is 0 Å². The number of pyridine rings is 1. The van der Waals surface area contributed by atoms with Crippen LogP contribution in [0.15, 0.2) is 66.9 Å². The van der Waals surface area contributed by atoms with E-state index in [0.717, 1.165) is 16.5 Å². The molecule has 3 aromatic rings. The Bertz CT molecular complexity index is 944. The van der Waals surface area contributed by atoms with Crippen molar-refractivity contribution in [2.24, 2.45) is 0 Å². The number of nitrogens with zero attached hydrogens (tertiary/aromatic N) is 2. The van der Waals surface area contributed by atoms with Crippen LogP contribution in [0.25, 0.3) is 10.9 Å². The predicted molar refractivity (Wildman–Crippen MR) is 103 cm³/mol. The van der Waals surface area contributed by atoms with Crippen molar-refractivity contribution in [1.29, 1.82) is 0 Å². The molecule has 1 heterocycles. The normalized spacial score (nSPS) is 11.8. The molecule has 6 heteroatoms. The quantitative estimate of drug-likeness (QED) is 0.702. The third kappa shape index (κ3) is 4.48. The van der Waals surface area contributed by atoms with E-state index in [1.165, 1.54) is 11.1 Å². The van der Waals surface area contributed by atoms with Crippen molar-refractivity contribution in [3.63, 3.8) is 0 Å². The van der Waals surface area contributed by atoms with Gasteiger partial charge >= 0.3 is 0 Å². The molecule has 2 N–H and O–H groups in total. The van der Waals surface area contributed by atoms with Crippen molar-refractivity contribution in [1.82, 2.24) is 15.2 Å². The SMILES string of the molecule is CN(Cc1ccccc1)C(=O)[C@H](CO)NC(=O)c1cnc2ccccc2c1. The summed E-state index contributed by atoms with van der Waals surface area (Å²) < 4.78 is 0. The van der Waals surface area contributed by atoms with Crippen LogP contribution in [-0.2, 0) is 11.3 Å². The van der Waals surface area contributed by atoms with E-state index in [9.17, 15) is 14.7 Å². The zero-order valence-corrected chi connectivity index (χ0v) is 15.0. The molecular weight excluding hydrogens is 342 g/mol. The number of aromatic nitrogens is 1. The van der Waals surface area contributed by atoms with Gasteiger partial charge in [0.1, 0.15) is 6.04 Å². The third-order valence-electron chi connectivity index (χ3n) is 4.28. The maximum absolute atomic E-state index is 12.6. The summed E-state index contributed by atoms with van der Waals surface area (Å²) in [7, 11) is 1.64. The number of fused-ring (bicyclic) bond motifs is 1. The van der Waals surface area contributed by atoms with Gasteiger partial charge in [0.25, 0.3) is 5.91 Å². The minimum Gasteiger partial charge on any atom is -0.394 e. The molecule has 27 heavy (non-hydrogen) atoms. The van der Waals surface area contributed by atoms with E-state index in [1.807, 2.05) is 54.6 Å². The Balaban J connectivity index is 1.69. The van der Waals surface area contributed by atoms with Gasteiger partial charge in [0.2, 0.25) is 5.91 Å². The molecule has 0 saturated heterocycles. The van der Waals surface area contributed by atoms with Crippen LogP contribution in [0, 0.1) is 0 Å². The number of nitrogens with one attached hydrogen (secondary N) is 1. The molecule has 1 aromatic heterocycles. The highest BCUT2D eigenvalue weighted by Crippen LogP contribution is 2.13. The van der Waals surface area contributed by atoms with Crippen LogP contribution >= 0.6 is 0 Å². The smallest absolute Gasteiger partial charge is 0.253 e. The average molecular weight is 363 g/mol. The largest absolute Gasteiger partial charge is 0.394 e. The topological polar surface area (TPSA) is 82.5 Å². The average Bonchev–Trinajstić information content (AvgIpc) is 2.71. The predicted octanol–water partition coefficient (Wildman–Crippen LogP) is 1.98. The number of hydrogen-bond acceptors (Lipinski definition) is 4. The fourth-order valence-electron chi connectivity index (χ4n) is 2.82. The molecule has 138 valence electrons. The number of hydrogen-bond donors (Lipinski definition) is 2. The Kier molecular flexibility index (Phi) is 5.78. The molecule has 6 nitrogen and oxygen atoms in total. The molecule has 0 aliphatic rings. The molecule has 0 radical (unpaired) electrons. The van der Waals surface area contributed by atoms with Crippen LogP contribution in [0.1, 0.15) is 15.9 Å². The monoisotopic (exact) mass is 363 g/mol. The van der Waals surface area contributed by atoms with Crippen LogP contribution in [-0.4, -0.2) is 46.5 Å². The highest BCUT2D eigenvalue weighted by Gasteiger charge is 2.24. The number of likely N-dealkylation sites (N-methyl/N-ethyl adjacent to an activating group) is 1. The minimum atomic E-state index is -1.02. The molecule has 3 rings (SSSR count). The van der Waals surface area contributed by atoms with Gasteiger partial charge in [-0.05, 0) is 17.7 Å². The maximum Gasteiger partial charge on any atom is 0.253 e. The second-order valence-corrected chi connectivity index (χ2v) is 6.31. The number of carbonyl (C=O) groups is 2. The first-order chi connectivity index (χ1) is 13.1. The second kappa shape index (κ2) is 8.42. The summed E-state index contributed by atoms with van der Waals surface area (Å²) in [6.45, 7) is -0.0890. The van der Waals surface area contributed by atoms with Crippen LogP contribution in [0.2, 0.25) is 0 Å².